The highest BCUT2D eigenvalue weighted by molar-refractivity contribution is 5.85. The minimum atomic E-state index is -0.908. The van der Waals surface area contributed by atoms with Crippen LogP contribution in [0.5, 0.6) is 0 Å². The Morgan fingerprint density at radius 3 is 3.14 bits per heavy atom. The first-order valence-electron chi connectivity index (χ1n) is 4.41. The second kappa shape index (κ2) is 5.35. The first kappa shape index (κ1) is 10.7. The van der Waals surface area contributed by atoms with Gasteiger partial charge in [-0.2, -0.15) is 5.26 Å². The number of rotatable bonds is 3. The van der Waals surface area contributed by atoms with Gasteiger partial charge < -0.3 is 9.47 Å². The summed E-state index contributed by atoms with van der Waals surface area (Å²) in [7, 11) is 0. The molecule has 1 aliphatic heterocycles. The fraction of sp³-hybridized carbons (Fsp3) is 0.667. The summed E-state index contributed by atoms with van der Waals surface area (Å²) in [6.07, 6.45) is 0.864. The number of hydrogen-bond acceptors (Lipinski definition) is 5. The van der Waals surface area contributed by atoms with Crippen LogP contribution in [0.3, 0.4) is 0 Å². The molecule has 1 fully saturated rings. The predicted molar refractivity (Wildman–Crippen MR) is 45.1 cm³/mol. The van der Waals surface area contributed by atoms with Crippen molar-refractivity contribution in [1.29, 1.82) is 5.26 Å². The summed E-state index contributed by atoms with van der Waals surface area (Å²) >= 11 is 0. The number of ketones is 1. The average Bonchev–Trinajstić information content (AvgIpc) is 2.20. The van der Waals surface area contributed by atoms with Crippen LogP contribution >= 0.6 is 0 Å². The maximum Gasteiger partial charge on any atom is 0.411 e. The Morgan fingerprint density at radius 2 is 2.50 bits per heavy atom. The van der Waals surface area contributed by atoms with Gasteiger partial charge in [0.2, 0.25) is 0 Å². The van der Waals surface area contributed by atoms with Crippen LogP contribution in [0.4, 0.5) is 0 Å². The summed E-state index contributed by atoms with van der Waals surface area (Å²) < 4.78 is 9.64. The summed E-state index contributed by atoms with van der Waals surface area (Å²) in [6.45, 7) is 0.975. The molecule has 76 valence electrons. The van der Waals surface area contributed by atoms with E-state index < -0.39 is 5.97 Å². The number of ether oxygens (including phenoxy) is 2. The van der Waals surface area contributed by atoms with Gasteiger partial charge >= 0.3 is 5.97 Å². The molecule has 0 radical (unpaired) electrons. The van der Waals surface area contributed by atoms with Gasteiger partial charge in [-0.05, 0) is 6.42 Å². The van der Waals surface area contributed by atoms with E-state index in [-0.39, 0.29) is 18.3 Å². The molecule has 0 saturated carbocycles. The van der Waals surface area contributed by atoms with Gasteiger partial charge in [-0.25, -0.2) is 4.79 Å². The minimum Gasteiger partial charge on any atom is -0.455 e. The third-order valence-electron chi connectivity index (χ3n) is 2.06. The van der Waals surface area contributed by atoms with Crippen LogP contribution in [0.2, 0.25) is 0 Å². The molecule has 1 unspecified atom stereocenters. The SMILES string of the molecule is N#CC(=O)OCCC1COCCC1=O. The summed E-state index contributed by atoms with van der Waals surface area (Å²) in [6, 6.07) is 1.34. The van der Waals surface area contributed by atoms with E-state index in [0.717, 1.165) is 0 Å². The van der Waals surface area contributed by atoms with Gasteiger partial charge in [0, 0.05) is 12.3 Å². The molecule has 0 amide bonds. The van der Waals surface area contributed by atoms with E-state index in [9.17, 15) is 9.59 Å². The summed E-state index contributed by atoms with van der Waals surface area (Å²) in [5.74, 6) is -0.950. The molecule has 1 saturated heterocycles. The molecule has 5 heteroatoms. The van der Waals surface area contributed by atoms with Crippen molar-refractivity contribution < 1.29 is 19.1 Å². The highest BCUT2D eigenvalue weighted by atomic mass is 16.5. The molecule has 0 aromatic heterocycles. The van der Waals surface area contributed by atoms with Crippen LogP contribution in [-0.4, -0.2) is 31.6 Å². The normalized spacial score (nSPS) is 21.4. The molecule has 0 aliphatic carbocycles. The second-order valence-corrected chi connectivity index (χ2v) is 3.02. The monoisotopic (exact) mass is 197 g/mol. The van der Waals surface area contributed by atoms with Gasteiger partial charge in [0.15, 0.2) is 6.07 Å². The summed E-state index contributed by atoms with van der Waals surface area (Å²) in [5, 5.41) is 8.11. The molecule has 0 aromatic rings. The van der Waals surface area contributed by atoms with E-state index in [4.69, 9.17) is 10.00 Å². The van der Waals surface area contributed by atoms with Gasteiger partial charge in [0.1, 0.15) is 5.78 Å². The lowest BCUT2D eigenvalue weighted by molar-refractivity contribution is -0.140. The van der Waals surface area contributed by atoms with Crippen LogP contribution in [0, 0.1) is 17.2 Å². The summed E-state index contributed by atoms with van der Waals surface area (Å²) in [4.78, 5) is 21.7. The zero-order valence-electron chi connectivity index (χ0n) is 7.69. The first-order chi connectivity index (χ1) is 6.74. The third kappa shape index (κ3) is 3.15. The van der Waals surface area contributed by atoms with Crippen molar-refractivity contribution >= 4 is 11.8 Å². The Bertz CT molecular complexity index is 268. The molecule has 1 atom stereocenters. The average molecular weight is 197 g/mol. The zero-order chi connectivity index (χ0) is 10.4. The standard InChI is InChI=1S/C9H11NO4/c10-5-9(12)14-4-1-7-6-13-3-2-8(7)11/h7H,1-4,6H2. The molecule has 1 aliphatic rings. The van der Waals surface area contributed by atoms with Crippen LogP contribution in [0.25, 0.3) is 0 Å². The number of nitriles is 1. The van der Waals surface area contributed by atoms with Gasteiger partial charge in [0.25, 0.3) is 0 Å². The molecule has 0 spiro atoms. The number of carbonyl (C=O) groups is 2. The number of carbonyl (C=O) groups excluding carboxylic acids is 2. The topological polar surface area (TPSA) is 76.4 Å². The Kier molecular flexibility index (Phi) is 4.08. The second-order valence-electron chi connectivity index (χ2n) is 3.02. The molecular weight excluding hydrogens is 186 g/mol. The Morgan fingerprint density at radius 1 is 1.71 bits per heavy atom. The lowest BCUT2D eigenvalue weighted by Gasteiger charge is -2.20. The number of Topliss-reactive ketones (excluding diaryl/α,β-unsaturated/α-hetero) is 1. The third-order valence-corrected chi connectivity index (χ3v) is 2.06. The number of nitrogens with zero attached hydrogens (tertiary/aromatic N) is 1. The number of esters is 1. The first-order valence-corrected chi connectivity index (χ1v) is 4.41. The molecule has 14 heavy (non-hydrogen) atoms. The smallest absolute Gasteiger partial charge is 0.411 e. The molecule has 0 bridgehead atoms. The minimum absolute atomic E-state index is 0.103. The van der Waals surface area contributed by atoms with Gasteiger partial charge in [0.05, 0.1) is 19.8 Å². The Hall–Kier alpha value is -1.41. The zero-order valence-corrected chi connectivity index (χ0v) is 7.69. The van der Waals surface area contributed by atoms with E-state index in [2.05, 4.69) is 4.74 Å². The molecule has 0 N–H and O–H groups in total. The van der Waals surface area contributed by atoms with Crippen LogP contribution in [-0.2, 0) is 19.1 Å². The van der Waals surface area contributed by atoms with E-state index in [0.29, 0.717) is 26.1 Å². The van der Waals surface area contributed by atoms with Gasteiger partial charge in [-0.15, -0.1) is 0 Å². The lowest BCUT2D eigenvalue weighted by Crippen LogP contribution is -2.28. The predicted octanol–water partition coefficient (Wildman–Crippen LogP) is 0.0489. The molecule has 1 heterocycles. The van der Waals surface area contributed by atoms with Crippen molar-refractivity contribution in [1.82, 2.24) is 0 Å². The van der Waals surface area contributed by atoms with Crippen molar-refractivity contribution in [3.8, 4) is 6.07 Å². The molecule has 1 rings (SSSR count). The quantitative estimate of drug-likeness (QED) is 0.472. The van der Waals surface area contributed by atoms with E-state index in [1.807, 2.05) is 0 Å². The van der Waals surface area contributed by atoms with Crippen molar-refractivity contribution in [2.24, 2.45) is 5.92 Å². The van der Waals surface area contributed by atoms with Crippen LogP contribution in [0.15, 0.2) is 0 Å². The maximum absolute atomic E-state index is 11.3. The summed E-state index contributed by atoms with van der Waals surface area (Å²) in [5.41, 5.74) is 0. The number of hydrogen-bond donors (Lipinski definition) is 0. The molecular formula is C9H11NO4. The van der Waals surface area contributed by atoms with E-state index in [1.54, 1.807) is 0 Å². The van der Waals surface area contributed by atoms with Gasteiger partial charge in [-0.1, -0.05) is 0 Å². The van der Waals surface area contributed by atoms with Crippen molar-refractivity contribution in [3.63, 3.8) is 0 Å². The van der Waals surface area contributed by atoms with Gasteiger partial charge in [-0.3, -0.25) is 4.79 Å². The van der Waals surface area contributed by atoms with Crippen molar-refractivity contribution in [2.75, 3.05) is 19.8 Å². The highest BCUT2D eigenvalue weighted by Crippen LogP contribution is 2.13. The molecule has 0 aromatic carbocycles. The molecule has 5 nitrogen and oxygen atoms in total. The van der Waals surface area contributed by atoms with Crippen molar-refractivity contribution in [2.45, 2.75) is 12.8 Å². The lowest BCUT2D eigenvalue weighted by atomic mass is 9.98. The maximum atomic E-state index is 11.3. The Labute approximate surface area is 81.6 Å². The van der Waals surface area contributed by atoms with Crippen LogP contribution < -0.4 is 0 Å². The fourth-order valence-corrected chi connectivity index (χ4v) is 1.27. The van der Waals surface area contributed by atoms with Crippen LogP contribution in [0.1, 0.15) is 12.8 Å². The largest absolute Gasteiger partial charge is 0.455 e. The Balaban J connectivity index is 2.20. The van der Waals surface area contributed by atoms with E-state index in [1.165, 1.54) is 6.07 Å². The van der Waals surface area contributed by atoms with E-state index >= 15 is 0 Å². The van der Waals surface area contributed by atoms with Crippen molar-refractivity contribution in [3.05, 3.63) is 0 Å². The fourth-order valence-electron chi connectivity index (χ4n) is 1.27. The highest BCUT2D eigenvalue weighted by Gasteiger charge is 2.22.